The van der Waals surface area contributed by atoms with E-state index in [1.54, 1.807) is 7.05 Å². The van der Waals surface area contributed by atoms with E-state index in [0.29, 0.717) is 23.3 Å². The highest BCUT2D eigenvalue weighted by Gasteiger charge is 2.09. The number of aliphatic hydroxyl groups is 1. The molecule has 0 aliphatic carbocycles. The van der Waals surface area contributed by atoms with E-state index in [9.17, 15) is 5.11 Å². The molecule has 2 rings (SSSR count). The van der Waals surface area contributed by atoms with Crippen molar-refractivity contribution in [1.29, 1.82) is 0 Å². The molecule has 0 bridgehead atoms. The van der Waals surface area contributed by atoms with Gasteiger partial charge in [-0.25, -0.2) is 4.98 Å². The maximum atomic E-state index is 10.0. The largest absolute Gasteiger partial charge is 0.387 e. The van der Waals surface area contributed by atoms with Crippen molar-refractivity contribution in [3.63, 3.8) is 0 Å². The van der Waals surface area contributed by atoms with E-state index >= 15 is 0 Å². The molecule has 0 radical (unpaired) electrons. The van der Waals surface area contributed by atoms with Crippen molar-refractivity contribution in [1.82, 2.24) is 9.97 Å². The summed E-state index contributed by atoms with van der Waals surface area (Å²) in [4.78, 5) is 8.17. The van der Waals surface area contributed by atoms with Crippen LogP contribution in [0.2, 0.25) is 5.02 Å². The van der Waals surface area contributed by atoms with Crippen LogP contribution in [0.25, 0.3) is 0 Å². The predicted molar refractivity (Wildman–Crippen MR) is 76.5 cm³/mol. The van der Waals surface area contributed by atoms with E-state index in [0.717, 1.165) is 5.56 Å². The number of hydrogen-bond acceptors (Lipinski definition) is 5. The zero-order valence-electron chi connectivity index (χ0n) is 10.5. The molecule has 1 aromatic heterocycles. The second-order valence-electron chi connectivity index (χ2n) is 3.95. The molecule has 0 amide bonds. The van der Waals surface area contributed by atoms with E-state index in [4.69, 9.17) is 11.6 Å². The van der Waals surface area contributed by atoms with E-state index in [1.165, 1.54) is 6.20 Å². The SMILES string of the molecule is CNc1ncc(Cl)c(NCC(O)c2ccccc2)n1. The van der Waals surface area contributed by atoms with Gasteiger partial charge in [-0.1, -0.05) is 41.9 Å². The van der Waals surface area contributed by atoms with Crippen LogP contribution in [0.3, 0.4) is 0 Å². The quantitative estimate of drug-likeness (QED) is 0.783. The Morgan fingerprint density at radius 2 is 2.05 bits per heavy atom. The lowest BCUT2D eigenvalue weighted by Crippen LogP contribution is -2.14. The normalized spacial score (nSPS) is 11.9. The van der Waals surface area contributed by atoms with E-state index in [-0.39, 0.29) is 0 Å². The average molecular weight is 279 g/mol. The van der Waals surface area contributed by atoms with Crippen molar-refractivity contribution in [2.24, 2.45) is 0 Å². The Labute approximate surface area is 116 Å². The summed E-state index contributed by atoms with van der Waals surface area (Å²) in [6.07, 6.45) is 0.891. The van der Waals surface area contributed by atoms with Gasteiger partial charge in [0.25, 0.3) is 0 Å². The van der Waals surface area contributed by atoms with Crippen LogP contribution in [0.5, 0.6) is 0 Å². The van der Waals surface area contributed by atoms with Crippen molar-refractivity contribution < 1.29 is 5.11 Å². The third-order valence-corrected chi connectivity index (χ3v) is 2.89. The topological polar surface area (TPSA) is 70.1 Å². The number of benzene rings is 1. The fourth-order valence-corrected chi connectivity index (χ4v) is 1.76. The van der Waals surface area contributed by atoms with Gasteiger partial charge in [-0.15, -0.1) is 0 Å². The number of anilines is 2. The number of halogens is 1. The second kappa shape index (κ2) is 6.36. The molecule has 0 aliphatic heterocycles. The van der Waals surface area contributed by atoms with E-state index < -0.39 is 6.10 Å². The molecule has 2 aromatic rings. The number of hydrogen-bond donors (Lipinski definition) is 3. The lowest BCUT2D eigenvalue weighted by molar-refractivity contribution is 0.191. The van der Waals surface area contributed by atoms with Gasteiger partial charge >= 0.3 is 0 Å². The van der Waals surface area contributed by atoms with Crippen molar-refractivity contribution in [2.45, 2.75) is 6.10 Å². The molecule has 1 aromatic carbocycles. The lowest BCUT2D eigenvalue weighted by Gasteiger charge is -2.13. The van der Waals surface area contributed by atoms with Crippen molar-refractivity contribution in [3.05, 3.63) is 47.1 Å². The first kappa shape index (κ1) is 13.6. The predicted octanol–water partition coefficient (Wildman–Crippen LogP) is 2.32. The van der Waals surface area contributed by atoms with Gasteiger partial charge in [-0.2, -0.15) is 4.98 Å². The smallest absolute Gasteiger partial charge is 0.224 e. The molecule has 1 unspecified atom stereocenters. The van der Waals surface area contributed by atoms with Crippen LogP contribution >= 0.6 is 11.6 Å². The Balaban J connectivity index is 2.02. The highest BCUT2D eigenvalue weighted by molar-refractivity contribution is 6.32. The fraction of sp³-hybridized carbons (Fsp3) is 0.231. The zero-order valence-corrected chi connectivity index (χ0v) is 11.2. The highest BCUT2D eigenvalue weighted by Crippen LogP contribution is 2.20. The minimum absolute atomic E-state index is 0.323. The first-order chi connectivity index (χ1) is 9.20. The Morgan fingerprint density at radius 1 is 1.32 bits per heavy atom. The first-order valence-corrected chi connectivity index (χ1v) is 6.25. The van der Waals surface area contributed by atoms with Crippen LogP contribution in [0.4, 0.5) is 11.8 Å². The van der Waals surface area contributed by atoms with Crippen molar-refractivity contribution >= 4 is 23.4 Å². The van der Waals surface area contributed by atoms with Crippen LogP contribution in [0.15, 0.2) is 36.5 Å². The molecule has 0 saturated heterocycles. The summed E-state index contributed by atoms with van der Waals surface area (Å²) in [5.41, 5.74) is 0.842. The Kier molecular flexibility index (Phi) is 4.54. The zero-order chi connectivity index (χ0) is 13.7. The lowest BCUT2D eigenvalue weighted by atomic mass is 10.1. The van der Waals surface area contributed by atoms with Gasteiger partial charge < -0.3 is 15.7 Å². The van der Waals surface area contributed by atoms with Crippen LogP contribution in [0.1, 0.15) is 11.7 Å². The van der Waals surface area contributed by atoms with Gasteiger partial charge in [-0.3, -0.25) is 0 Å². The summed E-state index contributed by atoms with van der Waals surface area (Å²) in [6, 6.07) is 9.41. The number of nitrogens with one attached hydrogen (secondary N) is 2. The molecule has 0 saturated carbocycles. The number of rotatable bonds is 5. The van der Waals surface area contributed by atoms with E-state index in [1.807, 2.05) is 30.3 Å². The molecule has 6 heteroatoms. The number of aliphatic hydroxyl groups excluding tert-OH is 1. The van der Waals surface area contributed by atoms with Gasteiger partial charge in [-0.05, 0) is 5.56 Å². The number of aromatic nitrogens is 2. The molecule has 0 fully saturated rings. The monoisotopic (exact) mass is 278 g/mol. The Morgan fingerprint density at radius 3 is 2.74 bits per heavy atom. The van der Waals surface area contributed by atoms with Crippen LogP contribution in [-0.2, 0) is 0 Å². The summed E-state index contributed by atoms with van der Waals surface area (Å²) in [7, 11) is 1.73. The Hall–Kier alpha value is -1.85. The third-order valence-electron chi connectivity index (χ3n) is 2.61. The summed E-state index contributed by atoms with van der Waals surface area (Å²) >= 11 is 5.99. The van der Waals surface area contributed by atoms with Crippen LogP contribution < -0.4 is 10.6 Å². The third kappa shape index (κ3) is 3.56. The molecular formula is C13H15ClN4O. The van der Waals surface area contributed by atoms with Gasteiger partial charge in [0.15, 0.2) is 5.82 Å². The molecule has 100 valence electrons. The summed E-state index contributed by atoms with van der Waals surface area (Å²) in [6.45, 7) is 0.323. The van der Waals surface area contributed by atoms with Gasteiger partial charge in [0, 0.05) is 13.6 Å². The summed E-state index contributed by atoms with van der Waals surface area (Å²) < 4.78 is 0. The van der Waals surface area contributed by atoms with Gasteiger partial charge in [0.1, 0.15) is 5.02 Å². The van der Waals surface area contributed by atoms with Gasteiger partial charge in [0.2, 0.25) is 5.95 Å². The average Bonchev–Trinajstić information content (AvgIpc) is 2.47. The fourth-order valence-electron chi connectivity index (χ4n) is 1.60. The van der Waals surface area contributed by atoms with Gasteiger partial charge in [0.05, 0.1) is 12.3 Å². The summed E-state index contributed by atoms with van der Waals surface area (Å²) in [5, 5.41) is 16.3. The van der Waals surface area contributed by atoms with Crippen molar-refractivity contribution in [2.75, 3.05) is 24.2 Å². The molecule has 1 heterocycles. The molecule has 0 spiro atoms. The number of nitrogens with zero attached hydrogens (tertiary/aromatic N) is 2. The van der Waals surface area contributed by atoms with Crippen LogP contribution in [-0.4, -0.2) is 28.7 Å². The van der Waals surface area contributed by atoms with E-state index in [2.05, 4.69) is 20.6 Å². The minimum Gasteiger partial charge on any atom is -0.387 e. The standard InChI is InChI=1S/C13H15ClN4O/c1-15-13-17-7-10(14)12(18-13)16-8-11(19)9-5-3-2-4-6-9/h2-7,11,19H,8H2,1H3,(H2,15,16,17,18). The van der Waals surface area contributed by atoms with Crippen LogP contribution in [0, 0.1) is 0 Å². The minimum atomic E-state index is -0.620. The second-order valence-corrected chi connectivity index (χ2v) is 4.35. The molecule has 1 atom stereocenters. The molecular weight excluding hydrogens is 264 g/mol. The summed E-state index contributed by atoms with van der Waals surface area (Å²) in [5.74, 6) is 0.970. The molecule has 0 aliphatic rings. The maximum absolute atomic E-state index is 10.0. The highest BCUT2D eigenvalue weighted by atomic mass is 35.5. The maximum Gasteiger partial charge on any atom is 0.224 e. The Bertz CT molecular complexity index is 535. The molecule has 3 N–H and O–H groups in total. The molecule has 5 nitrogen and oxygen atoms in total. The molecule has 19 heavy (non-hydrogen) atoms. The van der Waals surface area contributed by atoms with Crippen molar-refractivity contribution in [3.8, 4) is 0 Å². The first-order valence-electron chi connectivity index (χ1n) is 5.88.